The first-order valence-electron chi connectivity index (χ1n) is 13.0. The van der Waals surface area contributed by atoms with Crippen molar-refractivity contribution in [3.05, 3.63) is 56.9 Å². The zero-order valence-corrected chi connectivity index (χ0v) is 22.7. The van der Waals surface area contributed by atoms with Gasteiger partial charge in [-0.25, -0.2) is 19.4 Å². The van der Waals surface area contributed by atoms with Gasteiger partial charge < -0.3 is 34.1 Å². The highest BCUT2D eigenvalue weighted by atomic mass is 16.6. The standard InChI is InChI=1S/C28H30N4O8/c1-5-16-17-11-15(40-27(37)31(4)10-9-30(3)26(35)36)7-8-21(17)29-23-18(16)13-32-22(23)12-20-19(24(32)33)14-39-25(34)28(20,38)6-2/h7-8,11-12,38H,5-6,9-10,13-14H2,1-4H3,(H,35,36)/t28-/m0/s1. The summed E-state index contributed by atoms with van der Waals surface area (Å²) in [5, 5.41) is 20.9. The Kier molecular flexibility index (Phi) is 6.74. The van der Waals surface area contributed by atoms with E-state index in [-0.39, 0.29) is 49.3 Å². The van der Waals surface area contributed by atoms with E-state index in [9.17, 15) is 24.3 Å². The van der Waals surface area contributed by atoms with Crippen molar-refractivity contribution in [1.29, 1.82) is 0 Å². The monoisotopic (exact) mass is 550 g/mol. The number of aliphatic hydroxyl groups is 1. The lowest BCUT2D eigenvalue weighted by atomic mass is 9.86. The van der Waals surface area contributed by atoms with Gasteiger partial charge in [0.2, 0.25) is 0 Å². The van der Waals surface area contributed by atoms with Crippen LogP contribution in [0.3, 0.4) is 0 Å². The number of rotatable bonds is 6. The molecule has 2 N–H and O–H groups in total. The minimum absolute atomic E-state index is 0.0624. The molecule has 3 aromatic rings. The lowest BCUT2D eigenvalue weighted by molar-refractivity contribution is -0.172. The largest absolute Gasteiger partial charge is 0.465 e. The Bertz CT molecular complexity index is 1630. The molecule has 1 aromatic carbocycles. The lowest BCUT2D eigenvalue weighted by Gasteiger charge is -2.31. The highest BCUT2D eigenvalue weighted by Gasteiger charge is 2.45. The Hall–Kier alpha value is -4.45. The predicted molar refractivity (Wildman–Crippen MR) is 143 cm³/mol. The number of aryl methyl sites for hydroxylation is 1. The first-order valence-corrected chi connectivity index (χ1v) is 13.0. The zero-order chi connectivity index (χ0) is 28.9. The molecule has 4 heterocycles. The number of hydrogen-bond acceptors (Lipinski definition) is 8. The second-order valence-electron chi connectivity index (χ2n) is 10.0. The Morgan fingerprint density at radius 1 is 1.12 bits per heavy atom. The van der Waals surface area contributed by atoms with E-state index in [1.807, 2.05) is 6.92 Å². The molecule has 0 saturated carbocycles. The number of aromatic nitrogens is 2. The summed E-state index contributed by atoms with van der Waals surface area (Å²) < 4.78 is 12.3. The number of pyridine rings is 2. The van der Waals surface area contributed by atoms with Crippen molar-refractivity contribution in [3.8, 4) is 17.1 Å². The summed E-state index contributed by atoms with van der Waals surface area (Å²) in [6.07, 6.45) is -1.04. The fourth-order valence-electron chi connectivity index (χ4n) is 5.27. The smallest absolute Gasteiger partial charge is 0.415 e. The molecular weight excluding hydrogens is 520 g/mol. The van der Waals surface area contributed by atoms with Gasteiger partial charge in [-0.05, 0) is 42.7 Å². The molecule has 12 heteroatoms. The van der Waals surface area contributed by atoms with Crippen LogP contribution in [0.5, 0.6) is 5.75 Å². The van der Waals surface area contributed by atoms with E-state index in [1.165, 1.54) is 19.0 Å². The number of carbonyl (C=O) groups excluding carboxylic acids is 2. The minimum atomic E-state index is -1.90. The second kappa shape index (κ2) is 9.94. The first kappa shape index (κ1) is 27.1. The van der Waals surface area contributed by atoms with Crippen LogP contribution in [0.15, 0.2) is 29.1 Å². The molecule has 12 nitrogen and oxygen atoms in total. The van der Waals surface area contributed by atoms with E-state index in [0.717, 1.165) is 21.4 Å². The van der Waals surface area contributed by atoms with Crippen LogP contribution in [0, 0.1) is 0 Å². The molecule has 0 fully saturated rings. The number of nitrogens with zero attached hydrogens (tertiary/aromatic N) is 4. The van der Waals surface area contributed by atoms with Crippen molar-refractivity contribution >= 4 is 29.1 Å². The Labute approximate surface area is 229 Å². The van der Waals surface area contributed by atoms with Crippen molar-refractivity contribution in [2.24, 2.45) is 0 Å². The molecule has 2 aromatic heterocycles. The Morgan fingerprint density at radius 3 is 2.52 bits per heavy atom. The van der Waals surface area contributed by atoms with E-state index in [4.69, 9.17) is 19.6 Å². The molecule has 0 radical (unpaired) electrons. The number of esters is 1. The van der Waals surface area contributed by atoms with Gasteiger partial charge in [0.15, 0.2) is 5.60 Å². The molecule has 0 saturated heterocycles. The molecule has 0 aliphatic carbocycles. The summed E-state index contributed by atoms with van der Waals surface area (Å²) >= 11 is 0. The molecule has 5 rings (SSSR count). The third-order valence-corrected chi connectivity index (χ3v) is 7.74. The SMILES string of the molecule is CCc1c2c(nc3ccc(OC(=O)N(C)CCN(C)C(=O)O)cc13)-c1cc3c(c(=O)n1C2)COC(=O)[C@]3(O)CC. The number of benzene rings is 1. The van der Waals surface area contributed by atoms with Crippen molar-refractivity contribution in [3.63, 3.8) is 0 Å². The maximum Gasteiger partial charge on any atom is 0.415 e. The molecule has 40 heavy (non-hydrogen) atoms. The van der Waals surface area contributed by atoms with Crippen LogP contribution in [0.4, 0.5) is 9.59 Å². The fraction of sp³-hybridized carbons (Fsp3) is 0.393. The molecule has 210 valence electrons. The van der Waals surface area contributed by atoms with Crippen LogP contribution in [0.25, 0.3) is 22.3 Å². The van der Waals surface area contributed by atoms with Gasteiger partial charge in [0.25, 0.3) is 5.56 Å². The topological polar surface area (TPSA) is 152 Å². The molecule has 2 amide bonds. The van der Waals surface area contributed by atoms with Gasteiger partial charge in [0.05, 0.1) is 29.0 Å². The summed E-state index contributed by atoms with van der Waals surface area (Å²) in [5.74, 6) is -0.466. The van der Waals surface area contributed by atoms with Crippen LogP contribution >= 0.6 is 0 Å². The number of likely N-dealkylation sites (N-methyl/N-ethyl adjacent to an activating group) is 2. The van der Waals surface area contributed by atoms with Gasteiger partial charge in [0.1, 0.15) is 12.4 Å². The van der Waals surface area contributed by atoms with Gasteiger partial charge in [-0.3, -0.25) is 4.79 Å². The molecule has 2 aliphatic heterocycles. The van der Waals surface area contributed by atoms with Crippen LogP contribution in [-0.4, -0.2) is 74.9 Å². The summed E-state index contributed by atoms with van der Waals surface area (Å²) in [6, 6.07) is 6.76. The van der Waals surface area contributed by atoms with Crippen LogP contribution in [0.1, 0.15) is 42.5 Å². The summed E-state index contributed by atoms with van der Waals surface area (Å²) in [6.45, 7) is 4.01. The summed E-state index contributed by atoms with van der Waals surface area (Å²) in [5.41, 5.74) is 1.84. The van der Waals surface area contributed by atoms with Crippen LogP contribution < -0.4 is 10.3 Å². The van der Waals surface area contributed by atoms with Crippen LogP contribution in [0.2, 0.25) is 0 Å². The van der Waals surface area contributed by atoms with E-state index in [1.54, 1.807) is 35.8 Å². The maximum absolute atomic E-state index is 13.5. The van der Waals surface area contributed by atoms with E-state index in [2.05, 4.69) is 0 Å². The third-order valence-electron chi connectivity index (χ3n) is 7.74. The quantitative estimate of drug-likeness (QED) is 0.345. The number of fused-ring (bicyclic) bond motifs is 5. The highest BCUT2D eigenvalue weighted by molar-refractivity contribution is 5.90. The Morgan fingerprint density at radius 2 is 1.85 bits per heavy atom. The van der Waals surface area contributed by atoms with Crippen molar-refractivity contribution in [2.45, 2.75) is 45.4 Å². The number of amides is 2. The molecular formula is C28H30N4O8. The van der Waals surface area contributed by atoms with Gasteiger partial charge in [-0.2, -0.15) is 0 Å². The summed E-state index contributed by atoms with van der Waals surface area (Å²) in [4.78, 5) is 56.7. The average molecular weight is 551 g/mol. The molecule has 1 atom stereocenters. The van der Waals surface area contributed by atoms with Crippen LogP contribution in [-0.2, 0) is 34.7 Å². The number of cyclic esters (lactones) is 1. The number of hydrogen-bond donors (Lipinski definition) is 2. The Balaban J connectivity index is 1.51. The van der Waals surface area contributed by atoms with E-state index >= 15 is 0 Å². The average Bonchev–Trinajstić information content (AvgIpc) is 3.30. The number of ether oxygens (including phenoxy) is 2. The van der Waals surface area contributed by atoms with Gasteiger partial charge in [-0.1, -0.05) is 13.8 Å². The fourth-order valence-corrected chi connectivity index (χ4v) is 5.27. The molecule has 0 bridgehead atoms. The van der Waals surface area contributed by atoms with Crippen molar-refractivity contribution in [1.82, 2.24) is 19.4 Å². The van der Waals surface area contributed by atoms with Crippen molar-refractivity contribution in [2.75, 3.05) is 27.2 Å². The van der Waals surface area contributed by atoms with Gasteiger partial charge >= 0.3 is 18.2 Å². The first-order chi connectivity index (χ1) is 19.0. The minimum Gasteiger partial charge on any atom is -0.465 e. The number of carboxylic acid groups (broad SMARTS) is 1. The van der Waals surface area contributed by atoms with Crippen molar-refractivity contribution < 1.29 is 34.1 Å². The molecule has 2 aliphatic rings. The normalized spacial score (nSPS) is 17.1. The second-order valence-corrected chi connectivity index (χ2v) is 10.0. The van der Waals surface area contributed by atoms with Gasteiger partial charge in [-0.15, -0.1) is 0 Å². The third kappa shape index (κ3) is 4.24. The molecule has 0 unspecified atom stereocenters. The lowest BCUT2D eigenvalue weighted by Crippen LogP contribution is -2.44. The summed E-state index contributed by atoms with van der Waals surface area (Å²) in [7, 11) is 2.94. The molecule has 0 spiro atoms. The number of carbonyl (C=O) groups is 3. The maximum atomic E-state index is 13.5. The van der Waals surface area contributed by atoms with Gasteiger partial charge in [0, 0.05) is 43.7 Å². The zero-order valence-electron chi connectivity index (χ0n) is 22.7. The highest BCUT2D eigenvalue weighted by Crippen LogP contribution is 2.40. The van der Waals surface area contributed by atoms with E-state index in [0.29, 0.717) is 29.1 Å². The van der Waals surface area contributed by atoms with E-state index < -0.39 is 23.8 Å². The predicted octanol–water partition coefficient (Wildman–Crippen LogP) is 2.68.